The van der Waals surface area contributed by atoms with Crippen LogP contribution >= 0.6 is 23.5 Å². The third-order valence-electron chi connectivity index (χ3n) is 2.74. The molecule has 1 heterocycles. The van der Waals surface area contributed by atoms with Crippen LogP contribution in [0.5, 0.6) is 0 Å². The molecule has 0 aliphatic heterocycles. The quantitative estimate of drug-likeness (QED) is 0.356. The van der Waals surface area contributed by atoms with Crippen LogP contribution in [0.15, 0.2) is 45.2 Å². The van der Waals surface area contributed by atoms with Crippen LogP contribution in [-0.2, 0) is 16.0 Å². The molecule has 0 fully saturated rings. The number of ether oxygens (including phenoxy) is 1. The normalized spacial score (nSPS) is 10.5. The predicted molar refractivity (Wildman–Crippen MR) is 88.4 cm³/mol. The van der Waals surface area contributed by atoms with Crippen molar-refractivity contribution in [2.75, 3.05) is 18.6 Å². The average Bonchev–Trinajstić information content (AvgIpc) is 2.52. The predicted octanol–water partition coefficient (Wildman–Crippen LogP) is 2.51. The number of thioether (sulfide) groups is 2. The molecule has 0 saturated heterocycles. The molecule has 8 heteroatoms. The zero-order chi connectivity index (χ0) is 16.7. The highest BCUT2D eigenvalue weighted by molar-refractivity contribution is 8.02. The van der Waals surface area contributed by atoms with E-state index in [1.54, 1.807) is 18.2 Å². The number of hydrogen-bond donors (Lipinski definition) is 1. The van der Waals surface area contributed by atoms with Crippen molar-refractivity contribution >= 4 is 29.5 Å². The molecule has 0 aliphatic rings. The van der Waals surface area contributed by atoms with Crippen LogP contribution in [0.4, 0.5) is 4.39 Å². The number of hydrogen-bond acceptors (Lipinski definition) is 6. The number of H-pyrrole nitrogens is 1. The SMILES string of the molecule is COC(=O)Cc1cc(=O)[nH]c(SCCSc2ccccc2F)n1. The van der Waals surface area contributed by atoms with Crippen LogP contribution in [0.25, 0.3) is 0 Å². The zero-order valence-electron chi connectivity index (χ0n) is 12.4. The Kier molecular flexibility index (Phi) is 6.66. The molecule has 122 valence electrons. The van der Waals surface area contributed by atoms with Crippen molar-refractivity contribution in [3.8, 4) is 0 Å². The lowest BCUT2D eigenvalue weighted by Crippen LogP contribution is -2.14. The van der Waals surface area contributed by atoms with E-state index in [4.69, 9.17) is 0 Å². The highest BCUT2D eigenvalue weighted by atomic mass is 32.2. The van der Waals surface area contributed by atoms with E-state index in [-0.39, 0.29) is 17.8 Å². The van der Waals surface area contributed by atoms with Crippen molar-refractivity contribution in [1.29, 1.82) is 0 Å². The Morgan fingerprint density at radius 2 is 2.04 bits per heavy atom. The van der Waals surface area contributed by atoms with Crippen LogP contribution < -0.4 is 5.56 Å². The molecule has 1 aromatic heterocycles. The molecule has 0 aliphatic carbocycles. The summed E-state index contributed by atoms with van der Waals surface area (Å²) < 4.78 is 18.0. The highest BCUT2D eigenvalue weighted by Crippen LogP contribution is 2.23. The van der Waals surface area contributed by atoms with E-state index in [9.17, 15) is 14.0 Å². The number of methoxy groups -OCH3 is 1. The monoisotopic (exact) mass is 354 g/mol. The molecule has 0 amide bonds. The summed E-state index contributed by atoms with van der Waals surface area (Å²) in [6.07, 6.45) is -0.0437. The van der Waals surface area contributed by atoms with E-state index < -0.39 is 5.97 Å². The molecule has 0 atom stereocenters. The highest BCUT2D eigenvalue weighted by Gasteiger charge is 2.08. The first-order chi connectivity index (χ1) is 11.1. The van der Waals surface area contributed by atoms with Crippen LogP contribution in [0.1, 0.15) is 5.69 Å². The number of rotatable bonds is 7. The standard InChI is InChI=1S/C15H15FN2O3S2/c1-21-14(20)9-10-8-13(19)18-15(17-10)23-7-6-22-12-5-3-2-4-11(12)16/h2-5,8H,6-7,9H2,1H3,(H,17,18,19). The lowest BCUT2D eigenvalue weighted by atomic mass is 10.3. The topological polar surface area (TPSA) is 72.1 Å². The van der Waals surface area contributed by atoms with Crippen molar-refractivity contribution in [3.05, 3.63) is 52.2 Å². The molecule has 2 rings (SSSR count). The lowest BCUT2D eigenvalue weighted by molar-refractivity contribution is -0.139. The summed E-state index contributed by atoms with van der Waals surface area (Å²) in [6, 6.07) is 7.85. The number of benzene rings is 1. The molecule has 0 bridgehead atoms. The van der Waals surface area contributed by atoms with Crippen molar-refractivity contribution in [2.45, 2.75) is 16.5 Å². The van der Waals surface area contributed by atoms with E-state index in [0.29, 0.717) is 27.3 Å². The number of carbonyl (C=O) groups is 1. The van der Waals surface area contributed by atoms with Gasteiger partial charge in [0.15, 0.2) is 5.16 Å². The van der Waals surface area contributed by atoms with E-state index in [1.807, 2.05) is 0 Å². The van der Waals surface area contributed by atoms with Gasteiger partial charge < -0.3 is 9.72 Å². The summed E-state index contributed by atoms with van der Waals surface area (Å²) in [6.45, 7) is 0. The van der Waals surface area contributed by atoms with E-state index in [0.717, 1.165) is 0 Å². The Morgan fingerprint density at radius 1 is 1.30 bits per heavy atom. The fourth-order valence-corrected chi connectivity index (χ4v) is 3.53. The maximum Gasteiger partial charge on any atom is 0.311 e. The summed E-state index contributed by atoms with van der Waals surface area (Å²) >= 11 is 2.75. The van der Waals surface area contributed by atoms with Crippen molar-refractivity contribution in [3.63, 3.8) is 0 Å². The second kappa shape index (κ2) is 8.73. The van der Waals surface area contributed by atoms with Gasteiger partial charge in [-0.25, -0.2) is 9.37 Å². The molecule has 2 aromatic rings. The number of halogens is 1. The van der Waals surface area contributed by atoms with E-state index in [1.165, 1.54) is 42.8 Å². The van der Waals surface area contributed by atoms with Gasteiger partial charge in [-0.3, -0.25) is 9.59 Å². The Bertz CT molecular complexity index is 737. The van der Waals surface area contributed by atoms with Gasteiger partial charge in [-0.05, 0) is 12.1 Å². The summed E-state index contributed by atoms with van der Waals surface area (Å²) in [5.41, 5.74) is 0.0491. The van der Waals surface area contributed by atoms with Crippen LogP contribution in [0.2, 0.25) is 0 Å². The van der Waals surface area contributed by atoms with Gasteiger partial charge in [0.05, 0.1) is 19.2 Å². The maximum absolute atomic E-state index is 13.5. The molecular weight excluding hydrogens is 339 g/mol. The number of carbonyl (C=O) groups excluding carboxylic acids is 1. The number of nitrogens with zero attached hydrogens (tertiary/aromatic N) is 1. The second-order valence-electron chi connectivity index (χ2n) is 4.42. The van der Waals surface area contributed by atoms with Gasteiger partial charge >= 0.3 is 5.97 Å². The Labute approximate surface area is 141 Å². The average molecular weight is 354 g/mol. The molecule has 1 aromatic carbocycles. The number of aromatic nitrogens is 2. The first kappa shape index (κ1) is 17.6. The van der Waals surface area contributed by atoms with Gasteiger partial charge in [-0.2, -0.15) is 0 Å². The van der Waals surface area contributed by atoms with Gasteiger partial charge in [0.2, 0.25) is 0 Å². The molecular formula is C15H15FN2O3S2. The van der Waals surface area contributed by atoms with Crippen molar-refractivity contribution < 1.29 is 13.9 Å². The fraction of sp³-hybridized carbons (Fsp3) is 0.267. The summed E-state index contributed by atoms with van der Waals surface area (Å²) in [5, 5.41) is 0.436. The van der Waals surface area contributed by atoms with E-state index in [2.05, 4.69) is 14.7 Å². The molecule has 23 heavy (non-hydrogen) atoms. The fourth-order valence-electron chi connectivity index (χ4n) is 1.71. The van der Waals surface area contributed by atoms with Gasteiger partial charge in [-0.1, -0.05) is 23.9 Å². The van der Waals surface area contributed by atoms with Gasteiger partial charge in [0.25, 0.3) is 5.56 Å². The van der Waals surface area contributed by atoms with Gasteiger partial charge in [0, 0.05) is 22.5 Å². The molecule has 1 N–H and O–H groups in total. The largest absolute Gasteiger partial charge is 0.469 e. The maximum atomic E-state index is 13.5. The first-order valence-corrected chi connectivity index (χ1v) is 8.73. The number of nitrogens with one attached hydrogen (secondary N) is 1. The van der Waals surface area contributed by atoms with Gasteiger partial charge in [-0.15, -0.1) is 11.8 Å². The van der Waals surface area contributed by atoms with Crippen LogP contribution in [0, 0.1) is 5.82 Å². The second-order valence-corrected chi connectivity index (χ2v) is 6.64. The minimum Gasteiger partial charge on any atom is -0.469 e. The minimum absolute atomic E-state index is 0.0437. The molecule has 5 nitrogen and oxygen atoms in total. The zero-order valence-corrected chi connectivity index (χ0v) is 14.0. The van der Waals surface area contributed by atoms with Crippen molar-refractivity contribution in [2.24, 2.45) is 0 Å². The first-order valence-electron chi connectivity index (χ1n) is 6.75. The third kappa shape index (κ3) is 5.72. The smallest absolute Gasteiger partial charge is 0.311 e. The molecule has 0 saturated carbocycles. The minimum atomic E-state index is -0.450. The Morgan fingerprint density at radius 3 is 2.78 bits per heavy atom. The van der Waals surface area contributed by atoms with Crippen LogP contribution in [0.3, 0.4) is 0 Å². The van der Waals surface area contributed by atoms with Crippen molar-refractivity contribution in [1.82, 2.24) is 9.97 Å². The summed E-state index contributed by atoms with van der Waals surface area (Å²) in [5.74, 6) is 0.614. The molecule has 0 radical (unpaired) electrons. The van der Waals surface area contributed by atoms with Crippen LogP contribution in [-0.4, -0.2) is 34.6 Å². The Hall–Kier alpha value is -1.80. The van der Waals surface area contributed by atoms with E-state index >= 15 is 0 Å². The summed E-state index contributed by atoms with van der Waals surface area (Å²) in [7, 11) is 1.28. The lowest BCUT2D eigenvalue weighted by Gasteiger charge is -2.04. The Balaban J connectivity index is 1.89. The third-order valence-corrected chi connectivity index (χ3v) is 4.93. The van der Waals surface area contributed by atoms with Gasteiger partial charge in [0.1, 0.15) is 5.82 Å². The number of aromatic amines is 1. The number of esters is 1. The molecule has 0 unspecified atom stereocenters. The summed E-state index contributed by atoms with van der Waals surface area (Å²) in [4.78, 5) is 30.2. The molecule has 0 spiro atoms.